The van der Waals surface area contributed by atoms with Gasteiger partial charge in [-0.1, -0.05) is 72.6 Å². The zero-order chi connectivity index (χ0) is 46.7. The Morgan fingerprint density at radius 2 is 1.27 bits per heavy atom. The van der Waals surface area contributed by atoms with Gasteiger partial charge in [0.05, 0.1) is 6.54 Å². The topological polar surface area (TPSA) is 169 Å². The van der Waals surface area contributed by atoms with Crippen molar-refractivity contribution in [1.82, 2.24) is 9.88 Å². The molecule has 13 nitrogen and oxygen atoms in total. The number of benzene rings is 2. The molecule has 0 aliphatic rings. The summed E-state index contributed by atoms with van der Waals surface area (Å²) in [5.74, 6) is -0.0310. The minimum atomic E-state index is -2.68. The normalized spacial score (nSPS) is 13.6. The van der Waals surface area contributed by atoms with Crippen molar-refractivity contribution in [1.29, 1.82) is 0 Å². The summed E-state index contributed by atoms with van der Waals surface area (Å²) in [4.78, 5) is 45.2. The van der Waals surface area contributed by atoms with E-state index in [9.17, 15) is 19.5 Å². The van der Waals surface area contributed by atoms with Crippen LogP contribution in [-0.2, 0) is 30.7 Å². The van der Waals surface area contributed by atoms with Gasteiger partial charge in [-0.05, 0) is 133 Å². The monoisotopic (exact) mass is 882 g/mol. The molecule has 0 fully saturated rings. The van der Waals surface area contributed by atoms with E-state index in [2.05, 4.69) is 51.0 Å². The zero-order valence-corrected chi connectivity index (χ0v) is 41.0. The van der Waals surface area contributed by atoms with Crippen molar-refractivity contribution in [2.24, 2.45) is 5.41 Å². The van der Waals surface area contributed by atoms with Crippen LogP contribution in [0.1, 0.15) is 133 Å². The predicted octanol–water partition coefficient (Wildman–Crippen LogP) is 12.3. The number of pyridine rings is 1. The van der Waals surface area contributed by atoms with E-state index in [1.165, 1.54) is 16.5 Å². The number of aryl methyl sites for hydroxylation is 1. The molecule has 0 aliphatic carbocycles. The number of hydrogen-bond donors (Lipinski definition) is 2. The number of unbranched alkanes of at least 4 members (excludes halogenated alkanes) is 4. The second kappa shape index (κ2) is 21.3. The van der Waals surface area contributed by atoms with Crippen LogP contribution < -0.4 is 15.2 Å². The molecule has 0 spiro atoms. The van der Waals surface area contributed by atoms with Crippen molar-refractivity contribution in [3.63, 3.8) is 0 Å². The molecule has 0 saturated heterocycles. The minimum Gasteiger partial charge on any atom is -0.465 e. The maximum absolute atomic E-state index is 13.2. The highest BCUT2D eigenvalue weighted by molar-refractivity contribution is 6.74. The highest BCUT2D eigenvalue weighted by Crippen LogP contribution is 2.52. The lowest BCUT2D eigenvalue weighted by Gasteiger charge is -2.53. The van der Waals surface area contributed by atoms with E-state index in [4.69, 9.17) is 33.8 Å². The van der Waals surface area contributed by atoms with Gasteiger partial charge in [-0.2, -0.15) is 0 Å². The number of fused-ring (bicyclic) bond motifs is 1. The summed E-state index contributed by atoms with van der Waals surface area (Å²) in [5, 5.41) is 11.1. The molecule has 0 saturated carbocycles. The number of hydrogen-bond acceptors (Lipinski definition) is 11. The summed E-state index contributed by atoms with van der Waals surface area (Å²) in [6.45, 7) is 28.9. The lowest BCUT2D eigenvalue weighted by molar-refractivity contribution is -0.0695. The molecule has 1 amide bonds. The van der Waals surface area contributed by atoms with Gasteiger partial charge in [0.15, 0.2) is 14.1 Å². The van der Waals surface area contributed by atoms with Crippen molar-refractivity contribution in [3.05, 3.63) is 59.7 Å². The van der Waals surface area contributed by atoms with Crippen molar-refractivity contribution in [2.45, 2.75) is 163 Å². The van der Waals surface area contributed by atoms with Gasteiger partial charge in [0.1, 0.15) is 22.3 Å². The lowest BCUT2D eigenvalue weighted by atomic mass is 9.70. The third kappa shape index (κ3) is 15.7. The Hall–Kier alpha value is -4.40. The molecule has 0 bridgehead atoms. The van der Waals surface area contributed by atoms with Gasteiger partial charge in [-0.3, -0.25) is 0 Å². The van der Waals surface area contributed by atoms with Crippen molar-refractivity contribution >= 4 is 43.3 Å². The molecule has 3 rings (SSSR count). The molecule has 0 unspecified atom stereocenters. The minimum absolute atomic E-state index is 0.00928. The van der Waals surface area contributed by atoms with Gasteiger partial charge in [-0.25, -0.2) is 19.4 Å². The summed E-state index contributed by atoms with van der Waals surface area (Å²) in [7, 11) is -2.68. The number of amides is 1. The first-order valence-electron chi connectivity index (χ1n) is 21.9. The molecule has 1 atom stereocenters. The van der Waals surface area contributed by atoms with Crippen LogP contribution in [0.5, 0.6) is 11.6 Å². The second-order valence-corrected chi connectivity index (χ2v) is 25.4. The number of aromatic nitrogens is 1. The Balaban J connectivity index is 1.95. The molecule has 62 heavy (non-hydrogen) atoms. The van der Waals surface area contributed by atoms with E-state index >= 15 is 0 Å². The quantitative estimate of drug-likeness (QED) is 0.0385. The SMILES string of the molecule is CC(C)(C)OC(=O)Oc1ccc2c([C@](CN(CCCCCCOCCCCc3ccc(N)cc3)C(=O)O)(O[Si](C)(C)C(C)(C)C)C(C)(C)C)ccc(OC(=O)OC(C)(C)C)c2n1. The highest BCUT2D eigenvalue weighted by Gasteiger charge is 2.53. The average Bonchev–Trinajstić information content (AvgIpc) is 3.11. The Bertz CT molecular complexity index is 1940. The van der Waals surface area contributed by atoms with Gasteiger partial charge in [0.2, 0.25) is 5.88 Å². The Kier molecular flexibility index (Phi) is 17.9. The van der Waals surface area contributed by atoms with E-state index in [1.54, 1.807) is 53.7 Å². The van der Waals surface area contributed by atoms with Crippen LogP contribution in [0.25, 0.3) is 10.9 Å². The molecular formula is C48H75N3O10Si. The maximum Gasteiger partial charge on any atom is 0.515 e. The molecule has 14 heteroatoms. The Morgan fingerprint density at radius 1 is 0.710 bits per heavy atom. The zero-order valence-electron chi connectivity index (χ0n) is 40.0. The van der Waals surface area contributed by atoms with Crippen LogP contribution in [-0.4, -0.2) is 79.2 Å². The summed E-state index contributed by atoms with van der Waals surface area (Å²) >= 11 is 0. The van der Waals surface area contributed by atoms with Crippen LogP contribution in [0.2, 0.25) is 18.1 Å². The predicted molar refractivity (Wildman–Crippen MR) is 248 cm³/mol. The van der Waals surface area contributed by atoms with Crippen LogP contribution in [0.4, 0.5) is 20.1 Å². The molecular weight excluding hydrogens is 807 g/mol. The summed E-state index contributed by atoms with van der Waals surface area (Å²) in [6.07, 6.45) is 3.36. The smallest absolute Gasteiger partial charge is 0.465 e. The number of ether oxygens (including phenoxy) is 5. The fraction of sp³-hybridized carbons (Fsp3) is 0.625. The van der Waals surface area contributed by atoms with Crippen LogP contribution >= 0.6 is 0 Å². The molecule has 3 N–H and O–H groups in total. The highest BCUT2D eigenvalue weighted by atomic mass is 28.4. The van der Waals surface area contributed by atoms with E-state index < -0.39 is 48.9 Å². The van der Waals surface area contributed by atoms with Gasteiger partial charge in [0.25, 0.3) is 0 Å². The van der Waals surface area contributed by atoms with Crippen molar-refractivity contribution in [2.75, 3.05) is 32.0 Å². The molecule has 346 valence electrons. The molecule has 1 heterocycles. The standard InChI is InChI=1S/C48H75N3O10Si/c1-44(2,3)48(61-62(13,14)47(10,11)12,33-51(41(52)53)30-18-15-16-19-31-56-32-20-17-21-34-22-24-35(49)25-23-34)37-27-28-38(57-42(54)59-45(4,5)6)40-36(37)26-29-39(50-40)58-43(55)60-46(7,8)9/h22-29H,15-21,30-33,49H2,1-14H3,(H,52,53)/t48-/m0/s1. The molecule has 1 aromatic heterocycles. The number of nitrogen functional groups attached to an aromatic ring is 1. The number of rotatable bonds is 19. The van der Waals surface area contributed by atoms with Crippen LogP contribution in [0.15, 0.2) is 48.5 Å². The van der Waals surface area contributed by atoms with Crippen molar-refractivity contribution < 1.29 is 47.6 Å². The largest absolute Gasteiger partial charge is 0.515 e. The molecule has 2 aromatic carbocycles. The Morgan fingerprint density at radius 3 is 1.82 bits per heavy atom. The van der Waals surface area contributed by atoms with Crippen molar-refractivity contribution in [3.8, 4) is 11.6 Å². The van der Waals surface area contributed by atoms with Crippen LogP contribution in [0, 0.1) is 5.41 Å². The number of carbonyl (C=O) groups excluding carboxylic acids is 2. The van der Waals surface area contributed by atoms with Gasteiger partial charge in [-0.15, -0.1) is 0 Å². The second-order valence-electron chi connectivity index (χ2n) is 20.7. The molecule has 3 aromatic rings. The lowest BCUT2D eigenvalue weighted by Crippen LogP contribution is -2.59. The summed E-state index contributed by atoms with van der Waals surface area (Å²) in [6, 6.07) is 14.7. The fourth-order valence-electron chi connectivity index (χ4n) is 6.63. The Labute approximate surface area is 371 Å². The molecule has 0 radical (unpaired) electrons. The van der Waals surface area contributed by atoms with Gasteiger partial charge >= 0.3 is 18.4 Å². The number of nitrogens with zero attached hydrogens (tertiary/aromatic N) is 2. The average molecular weight is 882 g/mol. The maximum atomic E-state index is 13.2. The first-order valence-corrected chi connectivity index (χ1v) is 24.8. The van der Waals surface area contributed by atoms with E-state index in [1.807, 2.05) is 39.0 Å². The van der Waals surface area contributed by atoms with E-state index in [0.29, 0.717) is 37.1 Å². The summed E-state index contributed by atoms with van der Waals surface area (Å²) in [5.41, 5.74) is 5.08. The van der Waals surface area contributed by atoms with E-state index in [0.717, 1.165) is 44.2 Å². The van der Waals surface area contributed by atoms with Crippen LogP contribution in [0.3, 0.4) is 0 Å². The first kappa shape index (κ1) is 51.9. The number of carbonyl (C=O) groups is 3. The first-order chi connectivity index (χ1) is 28.5. The summed E-state index contributed by atoms with van der Waals surface area (Å²) < 4.78 is 35.6. The number of carboxylic acid groups (broad SMARTS) is 1. The van der Waals surface area contributed by atoms with Gasteiger partial charge in [0, 0.05) is 36.9 Å². The van der Waals surface area contributed by atoms with E-state index in [-0.39, 0.29) is 28.7 Å². The number of nitrogens with two attached hydrogens (primary N) is 1. The molecule has 0 aliphatic heterocycles. The van der Waals surface area contributed by atoms with Gasteiger partial charge < -0.3 is 43.9 Å². The number of anilines is 1. The fourth-order valence-corrected chi connectivity index (χ4v) is 8.29. The third-order valence-electron chi connectivity index (χ3n) is 11.0. The third-order valence-corrected chi connectivity index (χ3v) is 15.4.